The Bertz CT molecular complexity index is 928. The van der Waals surface area contributed by atoms with Gasteiger partial charge in [0.25, 0.3) is 10.0 Å². The second-order valence-corrected chi connectivity index (χ2v) is 8.16. The Hall–Kier alpha value is -2.88. The van der Waals surface area contributed by atoms with Crippen molar-refractivity contribution >= 4 is 33.5 Å². The first kappa shape index (κ1) is 20.4. The molecule has 27 heavy (non-hydrogen) atoms. The number of nitrogens with one attached hydrogen (secondary N) is 3. The number of hydrogen-bond donors (Lipinski definition) is 3. The molecule has 2 rings (SSSR count). The second kappa shape index (κ2) is 8.21. The maximum Gasteiger partial charge on any atom is 0.328 e. The molecule has 9 nitrogen and oxygen atoms in total. The number of hydrogen-bond acceptors (Lipinski definition) is 7. The third-order valence-electron chi connectivity index (χ3n) is 3.36. The van der Waals surface area contributed by atoms with Gasteiger partial charge in [-0.25, -0.2) is 22.9 Å². The molecule has 0 saturated heterocycles. The average molecular weight is 392 g/mol. The minimum absolute atomic E-state index is 0.0733. The molecule has 0 bridgehead atoms. The number of carbonyl (C=O) groups excluding carboxylic acids is 1. The van der Waals surface area contributed by atoms with Crippen LogP contribution in [0, 0.1) is 6.92 Å². The number of amides is 2. The van der Waals surface area contributed by atoms with E-state index in [1.807, 2.05) is 29.8 Å². The van der Waals surface area contributed by atoms with Crippen LogP contribution < -0.4 is 20.3 Å². The molecule has 0 fully saturated rings. The first-order valence-electron chi connectivity index (χ1n) is 8.30. The quantitative estimate of drug-likeness (QED) is 0.688. The molecular formula is C17H24N6O3S. The summed E-state index contributed by atoms with van der Waals surface area (Å²) in [7, 11) is -0.688. The van der Waals surface area contributed by atoms with E-state index in [1.165, 1.54) is 6.20 Å². The molecule has 0 spiro atoms. The van der Waals surface area contributed by atoms with Crippen molar-refractivity contribution in [2.75, 3.05) is 24.3 Å². The fourth-order valence-electron chi connectivity index (χ4n) is 2.19. The highest BCUT2D eigenvalue weighted by Gasteiger charge is 2.24. The molecule has 0 aliphatic rings. The maximum atomic E-state index is 12.7. The summed E-state index contributed by atoms with van der Waals surface area (Å²) >= 11 is 0. The number of aromatic nitrogens is 2. The molecule has 0 radical (unpaired) electrons. The summed E-state index contributed by atoms with van der Waals surface area (Å²) in [6, 6.07) is 6.38. The van der Waals surface area contributed by atoms with E-state index in [9.17, 15) is 13.2 Å². The van der Waals surface area contributed by atoms with Crippen molar-refractivity contribution in [3.8, 4) is 0 Å². The molecule has 2 amide bonds. The number of carbonyl (C=O) groups is 1. The predicted octanol–water partition coefficient (Wildman–Crippen LogP) is 1.99. The zero-order chi connectivity index (χ0) is 20.2. The molecule has 0 aliphatic carbocycles. The number of aryl methyl sites for hydroxylation is 1. The van der Waals surface area contributed by atoms with E-state index in [1.54, 1.807) is 38.9 Å². The Morgan fingerprint density at radius 3 is 2.52 bits per heavy atom. The zero-order valence-electron chi connectivity index (χ0n) is 15.9. The van der Waals surface area contributed by atoms with Crippen LogP contribution in [0.1, 0.15) is 19.4 Å². The molecule has 0 saturated carbocycles. The fourth-order valence-corrected chi connectivity index (χ4v) is 3.15. The zero-order valence-corrected chi connectivity index (χ0v) is 16.8. The van der Waals surface area contributed by atoms with Crippen molar-refractivity contribution in [2.45, 2.75) is 31.7 Å². The summed E-state index contributed by atoms with van der Waals surface area (Å²) in [5.41, 5.74) is 1.67. The van der Waals surface area contributed by atoms with Crippen LogP contribution in [-0.4, -0.2) is 44.6 Å². The normalized spacial score (nSPS) is 11.2. The van der Waals surface area contributed by atoms with E-state index in [2.05, 4.69) is 20.6 Å². The number of benzene rings is 1. The molecule has 146 valence electrons. The largest absolute Gasteiger partial charge is 0.347 e. The van der Waals surface area contributed by atoms with Crippen molar-refractivity contribution in [3.05, 3.63) is 36.0 Å². The first-order chi connectivity index (χ1) is 12.6. The summed E-state index contributed by atoms with van der Waals surface area (Å²) in [5.74, 6) is 0.403. The summed E-state index contributed by atoms with van der Waals surface area (Å²) < 4.78 is 27.3. The van der Waals surface area contributed by atoms with E-state index in [0.29, 0.717) is 11.6 Å². The van der Waals surface area contributed by atoms with Crippen molar-refractivity contribution in [3.63, 3.8) is 0 Å². The third kappa shape index (κ3) is 5.55. The Balaban J connectivity index is 2.44. The van der Waals surface area contributed by atoms with Crippen LogP contribution in [0.15, 0.2) is 35.4 Å². The fraction of sp³-hybridized carbons (Fsp3) is 0.353. The Kier molecular flexibility index (Phi) is 6.21. The molecule has 0 aliphatic heterocycles. The van der Waals surface area contributed by atoms with Crippen LogP contribution in [-0.2, 0) is 10.0 Å². The molecule has 0 atom stereocenters. The number of rotatable bonds is 6. The van der Waals surface area contributed by atoms with Gasteiger partial charge in [0.2, 0.25) is 5.95 Å². The number of nitrogens with zero attached hydrogens (tertiary/aromatic N) is 3. The van der Waals surface area contributed by atoms with Gasteiger partial charge in [-0.05, 0) is 38.5 Å². The molecule has 3 N–H and O–H groups in total. The first-order valence-corrected chi connectivity index (χ1v) is 9.78. The van der Waals surface area contributed by atoms with Gasteiger partial charge in [-0.2, -0.15) is 4.98 Å². The van der Waals surface area contributed by atoms with E-state index in [4.69, 9.17) is 0 Å². The summed E-state index contributed by atoms with van der Waals surface area (Å²) in [4.78, 5) is 21.6. The standard InChI is InChI=1S/C17H24N6O3S/c1-11(2)19-17(24)22-27(25,26)14-10-18-16(23(4)5)21-15(14)20-13-8-6-7-12(3)9-13/h6-11H,1-5H3,(H,18,20,21)(H2,19,22,24). The second-order valence-electron chi connectivity index (χ2n) is 6.51. The van der Waals surface area contributed by atoms with Gasteiger partial charge in [0.1, 0.15) is 4.90 Å². The Morgan fingerprint density at radius 1 is 1.22 bits per heavy atom. The topological polar surface area (TPSA) is 116 Å². The van der Waals surface area contributed by atoms with Crippen LogP contribution in [0.4, 0.5) is 22.2 Å². The van der Waals surface area contributed by atoms with E-state index < -0.39 is 16.1 Å². The van der Waals surface area contributed by atoms with Gasteiger partial charge >= 0.3 is 6.03 Å². The molecule has 2 aromatic rings. The van der Waals surface area contributed by atoms with Gasteiger partial charge in [-0.1, -0.05) is 12.1 Å². The minimum atomic E-state index is -4.18. The highest BCUT2D eigenvalue weighted by atomic mass is 32.2. The van der Waals surface area contributed by atoms with E-state index in [-0.39, 0.29) is 16.8 Å². The molecule has 10 heteroatoms. The maximum absolute atomic E-state index is 12.7. The summed E-state index contributed by atoms with van der Waals surface area (Å²) in [6.07, 6.45) is 1.17. The van der Waals surface area contributed by atoms with Crippen LogP contribution >= 0.6 is 0 Å². The van der Waals surface area contributed by atoms with Gasteiger partial charge < -0.3 is 15.5 Å². The van der Waals surface area contributed by atoms with Crippen LogP contribution in [0.2, 0.25) is 0 Å². The van der Waals surface area contributed by atoms with Gasteiger partial charge in [0.05, 0.1) is 6.20 Å². The molecule has 0 unspecified atom stereocenters. The molecular weight excluding hydrogens is 368 g/mol. The summed E-state index contributed by atoms with van der Waals surface area (Å²) in [6.45, 7) is 5.38. The molecule has 1 heterocycles. The third-order valence-corrected chi connectivity index (χ3v) is 4.69. The minimum Gasteiger partial charge on any atom is -0.347 e. The predicted molar refractivity (Wildman–Crippen MR) is 105 cm³/mol. The lowest BCUT2D eigenvalue weighted by atomic mass is 10.2. The molecule has 1 aromatic heterocycles. The summed E-state index contributed by atoms with van der Waals surface area (Å²) in [5, 5.41) is 5.48. The van der Waals surface area contributed by atoms with Gasteiger partial charge in [-0.15, -0.1) is 0 Å². The lowest BCUT2D eigenvalue weighted by molar-refractivity contribution is 0.243. The van der Waals surface area contributed by atoms with Gasteiger partial charge in [-0.3, -0.25) is 0 Å². The Labute approximate surface area is 159 Å². The van der Waals surface area contributed by atoms with E-state index in [0.717, 1.165) is 5.56 Å². The smallest absolute Gasteiger partial charge is 0.328 e. The van der Waals surface area contributed by atoms with Crippen molar-refractivity contribution < 1.29 is 13.2 Å². The highest BCUT2D eigenvalue weighted by molar-refractivity contribution is 7.90. The SMILES string of the molecule is Cc1cccc(Nc2nc(N(C)C)ncc2S(=O)(=O)NC(=O)NC(C)C)c1. The van der Waals surface area contributed by atoms with E-state index >= 15 is 0 Å². The van der Waals surface area contributed by atoms with Crippen molar-refractivity contribution in [1.82, 2.24) is 20.0 Å². The number of sulfonamides is 1. The van der Waals surface area contributed by atoms with Gasteiger partial charge in [0, 0.05) is 25.8 Å². The number of urea groups is 1. The monoisotopic (exact) mass is 392 g/mol. The lowest BCUT2D eigenvalue weighted by Gasteiger charge is -2.16. The van der Waals surface area contributed by atoms with Gasteiger partial charge in [0.15, 0.2) is 5.82 Å². The Morgan fingerprint density at radius 2 is 1.93 bits per heavy atom. The van der Waals surface area contributed by atoms with Crippen LogP contribution in [0.3, 0.4) is 0 Å². The van der Waals surface area contributed by atoms with Crippen LogP contribution in [0.25, 0.3) is 0 Å². The van der Waals surface area contributed by atoms with Crippen molar-refractivity contribution in [1.29, 1.82) is 0 Å². The van der Waals surface area contributed by atoms with Crippen molar-refractivity contribution in [2.24, 2.45) is 0 Å². The molecule has 1 aromatic carbocycles. The lowest BCUT2D eigenvalue weighted by Crippen LogP contribution is -2.42. The van der Waals surface area contributed by atoms with Crippen LogP contribution in [0.5, 0.6) is 0 Å². The average Bonchev–Trinajstić information content (AvgIpc) is 2.53. The number of anilines is 3. The highest BCUT2D eigenvalue weighted by Crippen LogP contribution is 2.24.